The molecular formula is C10H16N2. The molecule has 0 radical (unpaired) electrons. The number of aliphatic imine (C=N–C) groups is 1. The summed E-state index contributed by atoms with van der Waals surface area (Å²) in [6.45, 7) is 0. The Morgan fingerprint density at radius 2 is 2.33 bits per heavy atom. The molecule has 1 aliphatic heterocycles. The highest BCUT2D eigenvalue weighted by Crippen LogP contribution is 2.60. The van der Waals surface area contributed by atoms with Crippen LogP contribution in [-0.2, 0) is 0 Å². The Balaban J connectivity index is 1.96. The van der Waals surface area contributed by atoms with Gasteiger partial charge in [-0.15, -0.1) is 0 Å². The Labute approximate surface area is 73.7 Å². The molecule has 3 fully saturated rings. The largest absolute Gasteiger partial charge is 0.348 e. The van der Waals surface area contributed by atoms with Gasteiger partial charge in [-0.25, -0.2) is 0 Å². The summed E-state index contributed by atoms with van der Waals surface area (Å²) in [5, 5.41) is 0. The van der Waals surface area contributed by atoms with Crippen LogP contribution in [0.5, 0.6) is 0 Å². The molecule has 0 aromatic heterocycles. The fraction of sp³-hybridized carbons (Fsp3) is 0.900. The fourth-order valence-electron chi connectivity index (χ4n) is 3.73. The summed E-state index contributed by atoms with van der Waals surface area (Å²) < 4.78 is 0. The van der Waals surface area contributed by atoms with Gasteiger partial charge in [0.25, 0.3) is 0 Å². The molecule has 2 saturated carbocycles. The quantitative estimate of drug-likeness (QED) is 0.495. The molecule has 0 unspecified atom stereocenters. The first-order chi connectivity index (χ1) is 5.79. The van der Waals surface area contributed by atoms with Crippen molar-refractivity contribution >= 4 is 5.84 Å². The standard InChI is InChI=1S/C10H16N2/c1-11-9-10(12(9)2)6-7-3-4-8(10)5-7/h7-8H,3-6H2,1-2H3/t7-,8+,10-,12?/m0/s1. The van der Waals surface area contributed by atoms with Crippen LogP contribution in [0.4, 0.5) is 0 Å². The molecule has 2 aliphatic carbocycles. The van der Waals surface area contributed by atoms with Gasteiger partial charge in [-0.1, -0.05) is 0 Å². The van der Waals surface area contributed by atoms with Gasteiger partial charge in [-0.3, -0.25) is 4.99 Å². The molecule has 2 heteroatoms. The van der Waals surface area contributed by atoms with Crippen LogP contribution in [0.1, 0.15) is 25.7 Å². The maximum Gasteiger partial charge on any atom is 0.126 e. The fourth-order valence-corrected chi connectivity index (χ4v) is 3.73. The molecule has 1 heterocycles. The van der Waals surface area contributed by atoms with Crippen molar-refractivity contribution in [3.63, 3.8) is 0 Å². The predicted octanol–water partition coefficient (Wildman–Crippen LogP) is 1.52. The van der Waals surface area contributed by atoms with Gasteiger partial charge in [0.2, 0.25) is 0 Å². The van der Waals surface area contributed by atoms with Crippen LogP contribution in [0.25, 0.3) is 0 Å². The molecule has 3 rings (SSSR count). The highest BCUT2D eigenvalue weighted by atomic mass is 15.4. The van der Waals surface area contributed by atoms with Crippen molar-refractivity contribution in [3.8, 4) is 0 Å². The molecule has 2 nitrogen and oxygen atoms in total. The van der Waals surface area contributed by atoms with Crippen molar-refractivity contribution in [1.82, 2.24) is 4.90 Å². The number of nitrogens with zero attached hydrogens (tertiary/aromatic N) is 2. The molecule has 3 aliphatic rings. The van der Waals surface area contributed by atoms with Crippen LogP contribution >= 0.6 is 0 Å². The molecule has 1 spiro atoms. The highest BCUT2D eigenvalue weighted by Gasteiger charge is 2.67. The zero-order valence-corrected chi connectivity index (χ0v) is 7.88. The topological polar surface area (TPSA) is 15.4 Å². The second-order valence-electron chi connectivity index (χ2n) is 4.61. The summed E-state index contributed by atoms with van der Waals surface area (Å²) in [7, 11) is 4.15. The van der Waals surface area contributed by atoms with Crippen molar-refractivity contribution in [2.45, 2.75) is 31.2 Å². The van der Waals surface area contributed by atoms with Gasteiger partial charge in [0.05, 0.1) is 0 Å². The van der Waals surface area contributed by atoms with Crippen LogP contribution < -0.4 is 0 Å². The van der Waals surface area contributed by atoms with Crippen LogP contribution in [0.15, 0.2) is 4.99 Å². The van der Waals surface area contributed by atoms with Crippen molar-refractivity contribution in [1.29, 1.82) is 0 Å². The monoisotopic (exact) mass is 164 g/mol. The number of fused-ring (bicyclic) bond motifs is 3. The minimum absolute atomic E-state index is 0.470. The second-order valence-corrected chi connectivity index (χ2v) is 4.61. The van der Waals surface area contributed by atoms with Gasteiger partial charge in [0.1, 0.15) is 11.4 Å². The first-order valence-corrected chi connectivity index (χ1v) is 5.00. The lowest BCUT2D eigenvalue weighted by Crippen LogP contribution is -2.25. The Morgan fingerprint density at radius 1 is 1.50 bits per heavy atom. The smallest absolute Gasteiger partial charge is 0.126 e. The van der Waals surface area contributed by atoms with E-state index in [1.807, 2.05) is 7.05 Å². The van der Waals surface area contributed by atoms with Crippen LogP contribution in [0.3, 0.4) is 0 Å². The van der Waals surface area contributed by atoms with E-state index in [9.17, 15) is 0 Å². The van der Waals surface area contributed by atoms with Crippen LogP contribution in [0, 0.1) is 11.8 Å². The maximum atomic E-state index is 4.38. The molecule has 66 valence electrons. The molecule has 0 amide bonds. The molecule has 12 heavy (non-hydrogen) atoms. The van der Waals surface area contributed by atoms with E-state index in [0.29, 0.717) is 5.54 Å². The zero-order valence-electron chi connectivity index (χ0n) is 7.88. The number of amidine groups is 1. The zero-order chi connectivity index (χ0) is 8.34. The number of hydrogen-bond donors (Lipinski definition) is 0. The SMILES string of the molecule is CN=C1N(C)[C@]12C[C@H]1CC[C@@H]2C1. The third-order valence-corrected chi connectivity index (χ3v) is 4.28. The van der Waals surface area contributed by atoms with E-state index in [4.69, 9.17) is 0 Å². The van der Waals surface area contributed by atoms with Crippen molar-refractivity contribution in [2.75, 3.05) is 14.1 Å². The average Bonchev–Trinajstić information content (AvgIpc) is 2.52. The van der Waals surface area contributed by atoms with E-state index in [1.54, 1.807) is 0 Å². The molecular weight excluding hydrogens is 148 g/mol. The number of rotatable bonds is 0. The first kappa shape index (κ1) is 6.93. The molecule has 0 aromatic carbocycles. The lowest BCUT2D eigenvalue weighted by molar-refractivity contribution is 0.317. The molecule has 1 saturated heterocycles. The Kier molecular flexibility index (Phi) is 1.07. The second kappa shape index (κ2) is 1.86. The van der Waals surface area contributed by atoms with Crippen LogP contribution in [-0.4, -0.2) is 30.4 Å². The van der Waals surface area contributed by atoms with E-state index < -0.39 is 0 Å². The summed E-state index contributed by atoms with van der Waals surface area (Å²) in [5.74, 6) is 3.36. The van der Waals surface area contributed by atoms with Crippen molar-refractivity contribution in [2.24, 2.45) is 16.8 Å². The van der Waals surface area contributed by atoms with Crippen molar-refractivity contribution < 1.29 is 0 Å². The Morgan fingerprint density at radius 3 is 2.75 bits per heavy atom. The van der Waals surface area contributed by atoms with Gasteiger partial charge >= 0.3 is 0 Å². The molecule has 3 atom stereocenters. The summed E-state index contributed by atoms with van der Waals surface area (Å²) in [6, 6.07) is 0. The first-order valence-electron chi connectivity index (χ1n) is 5.00. The van der Waals surface area contributed by atoms with E-state index >= 15 is 0 Å². The van der Waals surface area contributed by atoms with E-state index in [-0.39, 0.29) is 0 Å². The number of hydrogen-bond acceptors (Lipinski definition) is 1. The van der Waals surface area contributed by atoms with E-state index in [0.717, 1.165) is 11.8 Å². The minimum Gasteiger partial charge on any atom is -0.348 e. The van der Waals surface area contributed by atoms with Gasteiger partial charge in [-0.2, -0.15) is 0 Å². The maximum absolute atomic E-state index is 4.38. The normalized spacial score (nSPS) is 52.8. The average molecular weight is 164 g/mol. The number of likely N-dealkylation sites (N-methyl/N-ethyl adjacent to an activating group) is 1. The minimum atomic E-state index is 0.470. The molecule has 0 aromatic rings. The van der Waals surface area contributed by atoms with E-state index in [1.165, 1.54) is 31.5 Å². The lowest BCUT2D eigenvalue weighted by atomic mass is 9.88. The van der Waals surface area contributed by atoms with Gasteiger partial charge < -0.3 is 4.90 Å². The molecule has 2 bridgehead atoms. The van der Waals surface area contributed by atoms with Gasteiger partial charge in [-0.05, 0) is 37.5 Å². The molecule has 0 N–H and O–H groups in total. The van der Waals surface area contributed by atoms with E-state index in [2.05, 4.69) is 16.9 Å². The van der Waals surface area contributed by atoms with Gasteiger partial charge in [0.15, 0.2) is 0 Å². The van der Waals surface area contributed by atoms with Crippen LogP contribution in [0.2, 0.25) is 0 Å². The Hall–Kier alpha value is -0.530. The third kappa shape index (κ3) is 0.540. The summed E-state index contributed by atoms with van der Waals surface area (Å²) in [6.07, 6.45) is 5.81. The Bertz CT molecular complexity index is 259. The third-order valence-electron chi connectivity index (χ3n) is 4.28. The van der Waals surface area contributed by atoms with Gasteiger partial charge in [0, 0.05) is 14.1 Å². The highest BCUT2D eigenvalue weighted by molar-refractivity contribution is 6.07. The summed E-state index contributed by atoms with van der Waals surface area (Å²) in [5.41, 5.74) is 0.470. The summed E-state index contributed by atoms with van der Waals surface area (Å²) in [4.78, 5) is 6.79. The lowest BCUT2D eigenvalue weighted by Gasteiger charge is -2.19. The summed E-state index contributed by atoms with van der Waals surface area (Å²) >= 11 is 0. The van der Waals surface area contributed by atoms with Crippen molar-refractivity contribution in [3.05, 3.63) is 0 Å². The predicted molar refractivity (Wildman–Crippen MR) is 49.3 cm³/mol.